The maximum Gasteiger partial charge on any atom is 0.270 e. The van der Waals surface area contributed by atoms with E-state index in [1.165, 1.54) is 12.1 Å². The van der Waals surface area contributed by atoms with Crippen LogP contribution in [0.5, 0.6) is 0 Å². The topological polar surface area (TPSA) is 110 Å². The van der Waals surface area contributed by atoms with Gasteiger partial charge in [0.25, 0.3) is 17.5 Å². The van der Waals surface area contributed by atoms with Crippen molar-refractivity contribution in [3.05, 3.63) is 68.2 Å². The Kier molecular flexibility index (Phi) is 4.91. The lowest BCUT2D eigenvalue weighted by Gasteiger charge is -2.14. The van der Waals surface area contributed by atoms with Crippen molar-refractivity contribution in [3.8, 4) is 0 Å². The molecule has 9 heteroatoms. The maximum atomic E-state index is 12.4. The zero-order chi connectivity index (χ0) is 19.7. The van der Waals surface area contributed by atoms with Crippen LogP contribution in [-0.4, -0.2) is 34.1 Å². The van der Waals surface area contributed by atoms with Gasteiger partial charge in [-0.3, -0.25) is 29.4 Å². The molecule has 0 bridgehead atoms. The first-order valence-corrected chi connectivity index (χ1v) is 8.37. The number of rotatable bonds is 5. The van der Waals surface area contributed by atoms with Gasteiger partial charge < -0.3 is 5.32 Å². The van der Waals surface area contributed by atoms with Gasteiger partial charge in [-0.2, -0.15) is 0 Å². The van der Waals surface area contributed by atoms with Crippen molar-refractivity contribution in [2.24, 2.45) is 0 Å². The molecule has 0 saturated heterocycles. The highest BCUT2D eigenvalue weighted by molar-refractivity contribution is 6.31. The number of carbonyl (C=O) groups is 3. The number of halogens is 1. The number of carbonyl (C=O) groups excluding carboxylic acids is 3. The van der Waals surface area contributed by atoms with Crippen LogP contribution in [0.2, 0.25) is 5.02 Å². The first-order valence-electron chi connectivity index (χ1n) is 7.99. The van der Waals surface area contributed by atoms with E-state index in [0.29, 0.717) is 16.3 Å². The summed E-state index contributed by atoms with van der Waals surface area (Å²) in [4.78, 5) is 48.0. The van der Waals surface area contributed by atoms with E-state index in [4.69, 9.17) is 11.6 Å². The van der Waals surface area contributed by atoms with Gasteiger partial charge in [-0.05, 0) is 30.7 Å². The standard InChI is InChI=1S/C18H14ClN3O5/c1-10-14(19)3-2-4-15(10)20-16(23)7-8-21-17(24)12-6-5-11(22(26)27)9-13(12)18(21)25/h2-6,9H,7-8H2,1H3,(H,20,23). The second-order valence-electron chi connectivity index (χ2n) is 5.96. The van der Waals surface area contributed by atoms with Crippen LogP contribution in [0.15, 0.2) is 36.4 Å². The van der Waals surface area contributed by atoms with E-state index in [1.54, 1.807) is 25.1 Å². The summed E-state index contributed by atoms with van der Waals surface area (Å²) in [6.45, 7) is 1.63. The summed E-state index contributed by atoms with van der Waals surface area (Å²) in [6, 6.07) is 8.59. The van der Waals surface area contributed by atoms with Crippen LogP contribution in [-0.2, 0) is 4.79 Å². The van der Waals surface area contributed by atoms with Crippen LogP contribution in [0.25, 0.3) is 0 Å². The number of imide groups is 1. The molecule has 1 N–H and O–H groups in total. The lowest BCUT2D eigenvalue weighted by molar-refractivity contribution is -0.384. The number of nitrogens with one attached hydrogen (secondary N) is 1. The molecule has 0 atom stereocenters. The van der Waals surface area contributed by atoms with Crippen molar-refractivity contribution < 1.29 is 19.3 Å². The molecule has 3 rings (SSSR count). The molecule has 0 aromatic heterocycles. The van der Waals surface area contributed by atoms with Crippen molar-refractivity contribution >= 4 is 40.7 Å². The number of fused-ring (bicyclic) bond motifs is 1. The summed E-state index contributed by atoms with van der Waals surface area (Å²) in [5.41, 5.74) is 1.05. The van der Waals surface area contributed by atoms with Crippen LogP contribution >= 0.6 is 11.6 Å². The molecule has 2 aromatic carbocycles. The second kappa shape index (κ2) is 7.16. The molecule has 0 aliphatic carbocycles. The smallest absolute Gasteiger partial charge is 0.270 e. The number of benzene rings is 2. The predicted molar refractivity (Wildman–Crippen MR) is 97.9 cm³/mol. The van der Waals surface area contributed by atoms with E-state index in [9.17, 15) is 24.5 Å². The fourth-order valence-corrected chi connectivity index (χ4v) is 2.94. The molecule has 0 spiro atoms. The summed E-state index contributed by atoms with van der Waals surface area (Å²) in [5.74, 6) is -1.61. The van der Waals surface area contributed by atoms with Crippen LogP contribution < -0.4 is 5.32 Å². The molecule has 2 aromatic rings. The Morgan fingerprint density at radius 3 is 2.59 bits per heavy atom. The average Bonchev–Trinajstić information content (AvgIpc) is 2.87. The zero-order valence-electron chi connectivity index (χ0n) is 14.2. The fraction of sp³-hybridized carbons (Fsp3) is 0.167. The molecule has 0 fully saturated rings. The van der Waals surface area contributed by atoms with Crippen molar-refractivity contribution in [2.75, 3.05) is 11.9 Å². The summed E-state index contributed by atoms with van der Waals surface area (Å²) in [7, 11) is 0. The molecular weight excluding hydrogens is 374 g/mol. The number of non-ortho nitro benzene ring substituents is 1. The second-order valence-corrected chi connectivity index (χ2v) is 6.37. The minimum atomic E-state index is -0.648. The molecular formula is C18H14ClN3O5. The third-order valence-electron chi connectivity index (χ3n) is 4.27. The molecule has 138 valence electrons. The average molecular weight is 388 g/mol. The van der Waals surface area contributed by atoms with Gasteiger partial charge in [-0.25, -0.2) is 0 Å². The van der Waals surface area contributed by atoms with E-state index < -0.39 is 16.7 Å². The van der Waals surface area contributed by atoms with Crippen molar-refractivity contribution in [1.82, 2.24) is 4.90 Å². The summed E-state index contributed by atoms with van der Waals surface area (Å²) < 4.78 is 0. The third-order valence-corrected chi connectivity index (χ3v) is 4.68. The molecule has 3 amide bonds. The predicted octanol–water partition coefficient (Wildman–Crippen LogP) is 3.18. The summed E-state index contributed by atoms with van der Waals surface area (Å²) in [6.07, 6.45) is -0.112. The van der Waals surface area contributed by atoms with Crippen LogP contribution in [0.1, 0.15) is 32.7 Å². The van der Waals surface area contributed by atoms with E-state index in [0.717, 1.165) is 11.0 Å². The first kappa shape index (κ1) is 18.5. The van der Waals surface area contributed by atoms with Crippen molar-refractivity contribution in [2.45, 2.75) is 13.3 Å². The minimum Gasteiger partial charge on any atom is -0.326 e. The molecule has 0 unspecified atom stereocenters. The highest BCUT2D eigenvalue weighted by Gasteiger charge is 2.36. The Morgan fingerprint density at radius 2 is 1.89 bits per heavy atom. The minimum absolute atomic E-state index is 0.0275. The SMILES string of the molecule is Cc1c(Cl)cccc1NC(=O)CCN1C(=O)c2ccc([N+](=O)[O-])cc2C1=O. The van der Waals surface area contributed by atoms with Crippen LogP contribution in [0.3, 0.4) is 0 Å². The molecule has 1 aliphatic rings. The summed E-state index contributed by atoms with van der Waals surface area (Å²) >= 11 is 6.01. The lowest BCUT2D eigenvalue weighted by Crippen LogP contribution is -2.32. The fourth-order valence-electron chi connectivity index (χ4n) is 2.76. The molecule has 8 nitrogen and oxygen atoms in total. The number of nitro benzene ring substituents is 1. The number of nitro groups is 1. The molecule has 0 radical (unpaired) electrons. The Morgan fingerprint density at radius 1 is 1.19 bits per heavy atom. The van der Waals surface area contributed by atoms with Crippen LogP contribution in [0.4, 0.5) is 11.4 Å². The van der Waals surface area contributed by atoms with Crippen molar-refractivity contribution in [3.63, 3.8) is 0 Å². The maximum absolute atomic E-state index is 12.4. The van der Waals surface area contributed by atoms with E-state index in [-0.39, 0.29) is 35.7 Å². The quantitative estimate of drug-likeness (QED) is 0.481. The number of hydrogen-bond acceptors (Lipinski definition) is 5. The highest BCUT2D eigenvalue weighted by Crippen LogP contribution is 2.27. The normalized spacial score (nSPS) is 12.9. The third kappa shape index (κ3) is 3.52. The number of amides is 3. The number of anilines is 1. The summed E-state index contributed by atoms with van der Waals surface area (Å²) in [5, 5.41) is 14.0. The Balaban J connectivity index is 1.69. The van der Waals surface area contributed by atoms with Gasteiger partial charge in [0.2, 0.25) is 5.91 Å². The first-order chi connectivity index (χ1) is 12.8. The lowest BCUT2D eigenvalue weighted by atomic mass is 10.1. The van der Waals surface area contributed by atoms with Crippen molar-refractivity contribution in [1.29, 1.82) is 0 Å². The molecule has 0 saturated carbocycles. The van der Waals surface area contributed by atoms with Gasteiger partial charge in [0.1, 0.15) is 0 Å². The Labute approximate surface area is 158 Å². The molecule has 27 heavy (non-hydrogen) atoms. The monoisotopic (exact) mass is 387 g/mol. The van der Waals surface area contributed by atoms with Gasteiger partial charge in [0.15, 0.2) is 0 Å². The van der Waals surface area contributed by atoms with Gasteiger partial charge >= 0.3 is 0 Å². The largest absolute Gasteiger partial charge is 0.326 e. The van der Waals surface area contributed by atoms with Gasteiger partial charge in [-0.15, -0.1) is 0 Å². The van der Waals surface area contributed by atoms with E-state index in [2.05, 4.69) is 5.32 Å². The molecule has 1 aliphatic heterocycles. The van der Waals surface area contributed by atoms with E-state index in [1.807, 2.05) is 0 Å². The highest BCUT2D eigenvalue weighted by atomic mass is 35.5. The Bertz CT molecular complexity index is 989. The van der Waals surface area contributed by atoms with Gasteiger partial charge in [0, 0.05) is 35.8 Å². The number of hydrogen-bond donors (Lipinski definition) is 1. The zero-order valence-corrected chi connectivity index (χ0v) is 14.9. The van der Waals surface area contributed by atoms with Crippen LogP contribution in [0, 0.1) is 17.0 Å². The Hall–Kier alpha value is -3.26. The van der Waals surface area contributed by atoms with E-state index >= 15 is 0 Å². The van der Waals surface area contributed by atoms with Gasteiger partial charge in [0.05, 0.1) is 16.1 Å². The molecule has 1 heterocycles. The number of nitrogens with zero attached hydrogens (tertiary/aromatic N) is 2. The van der Waals surface area contributed by atoms with Gasteiger partial charge in [-0.1, -0.05) is 17.7 Å².